The first-order valence-electron chi connectivity index (χ1n) is 8.40. The van der Waals surface area contributed by atoms with Crippen molar-refractivity contribution in [3.05, 3.63) is 41.1 Å². The van der Waals surface area contributed by atoms with Crippen LogP contribution in [0.2, 0.25) is 0 Å². The lowest BCUT2D eigenvalue weighted by molar-refractivity contribution is -0.922. The largest absolute Gasteiger partial charge is 0.465 e. The third-order valence-electron chi connectivity index (χ3n) is 4.90. The molecule has 0 spiro atoms. The van der Waals surface area contributed by atoms with Gasteiger partial charge >= 0.3 is 5.97 Å². The van der Waals surface area contributed by atoms with E-state index in [1.54, 1.807) is 0 Å². The normalized spacial score (nSPS) is 21.3. The molecule has 2 heterocycles. The molecule has 1 fully saturated rings. The predicted molar refractivity (Wildman–Crippen MR) is 90.6 cm³/mol. The number of rotatable bonds is 3. The van der Waals surface area contributed by atoms with Crippen LogP contribution in [-0.2, 0) is 11.3 Å². The van der Waals surface area contributed by atoms with E-state index < -0.39 is 0 Å². The molecule has 3 rings (SSSR count). The third-order valence-corrected chi connectivity index (χ3v) is 4.90. The number of quaternary nitrogens is 1. The van der Waals surface area contributed by atoms with Crippen molar-refractivity contribution in [1.29, 1.82) is 0 Å². The molecule has 0 radical (unpaired) electrons. The lowest BCUT2D eigenvalue weighted by atomic mass is 9.98. The predicted octanol–water partition coefficient (Wildman–Crippen LogP) is 2.14. The number of aromatic nitrogens is 1. The van der Waals surface area contributed by atoms with E-state index in [0.717, 1.165) is 47.7 Å². The lowest BCUT2D eigenvalue weighted by Gasteiger charge is -2.28. The van der Waals surface area contributed by atoms with Crippen molar-refractivity contribution < 1.29 is 14.4 Å². The second kappa shape index (κ2) is 6.67. The highest BCUT2D eigenvalue weighted by Gasteiger charge is 2.25. The molecule has 0 bridgehead atoms. The smallest absolute Gasteiger partial charge is 0.340 e. The van der Waals surface area contributed by atoms with Gasteiger partial charge in [0, 0.05) is 11.3 Å². The summed E-state index contributed by atoms with van der Waals surface area (Å²) in [7, 11) is 1.44. The summed E-state index contributed by atoms with van der Waals surface area (Å²) in [6.07, 6.45) is 2.55. The van der Waals surface area contributed by atoms with Crippen LogP contribution in [0.4, 0.5) is 0 Å². The molecule has 0 amide bonds. The number of para-hydroxylation sites is 1. The first-order chi connectivity index (χ1) is 11.1. The number of aryl methyl sites for hydroxylation is 1. The number of pyridine rings is 1. The minimum atomic E-state index is -0.278. The average Bonchev–Trinajstić information content (AvgIpc) is 2.54. The van der Waals surface area contributed by atoms with Crippen molar-refractivity contribution >= 4 is 16.9 Å². The number of hydrogen-bond donors (Lipinski definition) is 1. The molecule has 1 N–H and O–H groups in total. The fourth-order valence-corrected chi connectivity index (χ4v) is 3.74. The van der Waals surface area contributed by atoms with E-state index in [1.807, 2.05) is 31.2 Å². The van der Waals surface area contributed by atoms with Gasteiger partial charge in [-0.05, 0) is 31.4 Å². The fraction of sp³-hybridized carbons (Fsp3) is 0.474. The van der Waals surface area contributed by atoms with Crippen LogP contribution in [0.1, 0.15) is 41.4 Å². The summed E-state index contributed by atoms with van der Waals surface area (Å²) in [5.41, 5.74) is 3.45. The van der Waals surface area contributed by atoms with Gasteiger partial charge in [0.05, 0.1) is 31.3 Å². The van der Waals surface area contributed by atoms with Gasteiger partial charge in [-0.1, -0.05) is 25.1 Å². The highest BCUT2D eigenvalue weighted by atomic mass is 16.5. The molecule has 1 aliphatic rings. The molecular formula is C19H25N2O2+. The molecule has 122 valence electrons. The van der Waals surface area contributed by atoms with Crippen LogP contribution in [0.15, 0.2) is 24.3 Å². The van der Waals surface area contributed by atoms with Crippen molar-refractivity contribution in [3.63, 3.8) is 0 Å². The topological polar surface area (TPSA) is 43.6 Å². The molecule has 1 aromatic carbocycles. The molecule has 4 nitrogen and oxygen atoms in total. The SMILES string of the molecule is COC(=O)c1c(C[NH+]2CCC[C@@H](C)C2)nc2ccccc2c1C. The maximum Gasteiger partial charge on any atom is 0.340 e. The number of piperidine rings is 1. The third kappa shape index (κ3) is 3.22. The monoisotopic (exact) mass is 313 g/mol. The summed E-state index contributed by atoms with van der Waals surface area (Å²) in [4.78, 5) is 18.6. The summed E-state index contributed by atoms with van der Waals surface area (Å²) in [5, 5.41) is 1.03. The quantitative estimate of drug-likeness (QED) is 0.883. The zero-order chi connectivity index (χ0) is 16.4. The number of methoxy groups -OCH3 is 1. The van der Waals surface area contributed by atoms with Crippen molar-refractivity contribution in [2.24, 2.45) is 5.92 Å². The van der Waals surface area contributed by atoms with E-state index in [4.69, 9.17) is 9.72 Å². The number of nitrogens with zero attached hydrogens (tertiary/aromatic N) is 1. The Labute approximate surface area is 137 Å². The second-order valence-corrected chi connectivity index (χ2v) is 6.70. The van der Waals surface area contributed by atoms with Gasteiger partial charge in [0.1, 0.15) is 12.2 Å². The van der Waals surface area contributed by atoms with Gasteiger partial charge in [0.15, 0.2) is 0 Å². The van der Waals surface area contributed by atoms with E-state index in [-0.39, 0.29) is 5.97 Å². The molecule has 1 aromatic heterocycles. The Morgan fingerprint density at radius 1 is 1.39 bits per heavy atom. The van der Waals surface area contributed by atoms with Crippen molar-refractivity contribution in [1.82, 2.24) is 4.98 Å². The lowest BCUT2D eigenvalue weighted by Crippen LogP contribution is -3.12. The van der Waals surface area contributed by atoms with Crippen molar-refractivity contribution in [3.8, 4) is 0 Å². The molecule has 4 heteroatoms. The molecular weight excluding hydrogens is 288 g/mol. The summed E-state index contributed by atoms with van der Waals surface area (Å²) >= 11 is 0. The summed E-state index contributed by atoms with van der Waals surface area (Å²) in [6.45, 7) is 7.39. The van der Waals surface area contributed by atoms with E-state index in [9.17, 15) is 4.79 Å². The van der Waals surface area contributed by atoms with Gasteiger partial charge in [-0.2, -0.15) is 0 Å². The molecule has 0 aliphatic carbocycles. The Balaban J connectivity index is 2.04. The maximum absolute atomic E-state index is 12.3. The summed E-state index contributed by atoms with van der Waals surface area (Å²) < 4.78 is 5.03. The Morgan fingerprint density at radius 2 is 2.17 bits per heavy atom. The molecule has 1 unspecified atom stereocenters. The van der Waals surface area contributed by atoms with Crippen LogP contribution in [0.3, 0.4) is 0 Å². The van der Waals surface area contributed by atoms with Gasteiger partial charge in [0.25, 0.3) is 0 Å². The Kier molecular flexibility index (Phi) is 4.62. The first-order valence-corrected chi connectivity index (χ1v) is 8.40. The highest BCUT2D eigenvalue weighted by Crippen LogP contribution is 2.23. The first kappa shape index (κ1) is 15.9. The molecule has 2 atom stereocenters. The highest BCUT2D eigenvalue weighted by molar-refractivity contribution is 5.98. The van der Waals surface area contributed by atoms with Crippen LogP contribution < -0.4 is 4.90 Å². The Hall–Kier alpha value is -1.94. The standard InChI is InChI=1S/C19H24N2O2/c1-13-7-6-10-21(11-13)12-17-18(19(22)23-3)14(2)15-8-4-5-9-16(15)20-17/h4-5,8-9,13H,6-7,10-12H2,1-3H3/p+1/t13-/m1/s1. The van der Waals surface area contributed by atoms with Gasteiger partial charge in [0.2, 0.25) is 0 Å². The number of likely N-dealkylation sites (tertiary alicyclic amines) is 1. The molecule has 0 saturated carbocycles. The molecule has 1 aliphatic heterocycles. The number of fused-ring (bicyclic) bond motifs is 1. The molecule has 23 heavy (non-hydrogen) atoms. The number of nitrogens with one attached hydrogen (secondary N) is 1. The van der Waals surface area contributed by atoms with E-state index in [0.29, 0.717) is 5.56 Å². The van der Waals surface area contributed by atoms with Crippen LogP contribution >= 0.6 is 0 Å². The van der Waals surface area contributed by atoms with Gasteiger partial charge in [-0.15, -0.1) is 0 Å². The second-order valence-electron chi connectivity index (χ2n) is 6.70. The average molecular weight is 313 g/mol. The number of esters is 1. The minimum Gasteiger partial charge on any atom is -0.465 e. The van der Waals surface area contributed by atoms with E-state index in [2.05, 4.69) is 6.92 Å². The zero-order valence-corrected chi connectivity index (χ0v) is 14.2. The number of carbonyl (C=O) groups is 1. The van der Waals surface area contributed by atoms with Gasteiger partial charge in [-0.3, -0.25) is 0 Å². The van der Waals surface area contributed by atoms with E-state index in [1.165, 1.54) is 24.9 Å². The van der Waals surface area contributed by atoms with Crippen molar-refractivity contribution in [2.75, 3.05) is 20.2 Å². The van der Waals surface area contributed by atoms with Crippen molar-refractivity contribution in [2.45, 2.75) is 33.2 Å². The van der Waals surface area contributed by atoms with Crippen LogP contribution in [0, 0.1) is 12.8 Å². The van der Waals surface area contributed by atoms with Crippen LogP contribution in [0.25, 0.3) is 10.9 Å². The summed E-state index contributed by atoms with van der Waals surface area (Å²) in [6, 6.07) is 8.01. The number of hydrogen-bond acceptors (Lipinski definition) is 3. The van der Waals surface area contributed by atoms with E-state index >= 15 is 0 Å². The Bertz CT molecular complexity index is 727. The summed E-state index contributed by atoms with van der Waals surface area (Å²) in [5.74, 6) is 0.460. The van der Waals surface area contributed by atoms with Gasteiger partial charge < -0.3 is 9.64 Å². The molecule has 1 saturated heterocycles. The van der Waals surface area contributed by atoms with Crippen LogP contribution in [-0.4, -0.2) is 31.2 Å². The zero-order valence-electron chi connectivity index (χ0n) is 14.2. The minimum absolute atomic E-state index is 0.278. The van der Waals surface area contributed by atoms with Gasteiger partial charge in [-0.25, -0.2) is 9.78 Å². The fourth-order valence-electron chi connectivity index (χ4n) is 3.74. The number of benzene rings is 1. The molecule has 2 aromatic rings. The van der Waals surface area contributed by atoms with Crippen LogP contribution in [0.5, 0.6) is 0 Å². The number of carbonyl (C=O) groups excluding carboxylic acids is 1. The maximum atomic E-state index is 12.3. The number of ether oxygens (including phenoxy) is 1. The Morgan fingerprint density at radius 3 is 2.91 bits per heavy atom.